The molecule has 0 aliphatic carbocycles. The first kappa shape index (κ1) is 12.0. The normalized spacial score (nSPS) is 13.2. The number of aliphatic hydroxyl groups excluding tert-OH is 1. The van der Waals surface area contributed by atoms with Crippen molar-refractivity contribution in [3.05, 3.63) is 0 Å². The fraction of sp³-hybridized carbons (Fsp3) is 1.00. The van der Waals surface area contributed by atoms with Gasteiger partial charge < -0.3 is 5.11 Å². The number of hydrogen-bond acceptors (Lipinski definition) is 1. The van der Waals surface area contributed by atoms with Gasteiger partial charge in [0.1, 0.15) is 0 Å². The Balaban J connectivity index is 2.90. The van der Waals surface area contributed by atoms with Gasteiger partial charge in [-0.15, -0.1) is 0 Å². The molecule has 0 aromatic carbocycles. The molecule has 0 fully saturated rings. The smallest absolute Gasteiger partial charge is 0.0537 e. The molecule has 0 aliphatic heterocycles. The molecule has 1 heteroatoms. The maximum Gasteiger partial charge on any atom is 0.0537 e. The molecule has 0 aliphatic rings. The van der Waals surface area contributed by atoms with Crippen molar-refractivity contribution in [2.24, 2.45) is 0 Å². The average molecular weight is 172 g/mol. The summed E-state index contributed by atoms with van der Waals surface area (Å²) in [5.41, 5.74) is 0. The van der Waals surface area contributed by atoms with Crippen LogP contribution in [0.15, 0.2) is 0 Å². The summed E-state index contributed by atoms with van der Waals surface area (Å²) in [5.74, 6) is 0. The molecule has 1 nitrogen and oxygen atoms in total. The third-order valence-corrected chi connectivity index (χ3v) is 2.36. The van der Waals surface area contributed by atoms with Crippen molar-refractivity contribution >= 4 is 0 Å². The van der Waals surface area contributed by atoms with Gasteiger partial charge in [-0.25, -0.2) is 0 Å². The molecular formula is C11H24O. The summed E-state index contributed by atoms with van der Waals surface area (Å²) in [6.45, 7) is 4.28. The summed E-state index contributed by atoms with van der Waals surface area (Å²) in [7, 11) is 0. The molecule has 1 atom stereocenters. The van der Waals surface area contributed by atoms with Crippen LogP contribution in [0.1, 0.15) is 65.2 Å². The fourth-order valence-electron chi connectivity index (χ4n) is 1.36. The Bertz CT molecular complexity index is 81.1. The van der Waals surface area contributed by atoms with Crippen LogP contribution in [0.5, 0.6) is 0 Å². The fourth-order valence-corrected chi connectivity index (χ4v) is 1.36. The van der Waals surface area contributed by atoms with Gasteiger partial charge in [-0.2, -0.15) is 0 Å². The number of aliphatic hydroxyl groups is 1. The summed E-state index contributed by atoms with van der Waals surface area (Å²) >= 11 is 0. The second kappa shape index (κ2) is 9.05. The van der Waals surface area contributed by atoms with E-state index in [-0.39, 0.29) is 6.10 Å². The van der Waals surface area contributed by atoms with E-state index in [0.717, 1.165) is 12.8 Å². The first-order chi connectivity index (χ1) is 5.81. The standard InChI is InChI=1S/C11H24O/c1-3-5-6-7-8-9-10-11(12)4-2/h11-12H,3-10H2,1-2H3. The van der Waals surface area contributed by atoms with Crippen molar-refractivity contribution in [1.82, 2.24) is 0 Å². The monoisotopic (exact) mass is 172 g/mol. The van der Waals surface area contributed by atoms with Crippen LogP contribution in [0.3, 0.4) is 0 Å². The zero-order chi connectivity index (χ0) is 9.23. The molecule has 0 rings (SSSR count). The van der Waals surface area contributed by atoms with E-state index in [0.29, 0.717) is 0 Å². The number of rotatable bonds is 8. The summed E-state index contributed by atoms with van der Waals surface area (Å²) in [6.07, 6.45) is 9.79. The highest BCUT2D eigenvalue weighted by Gasteiger charge is 1.98. The molecule has 1 N–H and O–H groups in total. The first-order valence-corrected chi connectivity index (χ1v) is 5.49. The van der Waals surface area contributed by atoms with E-state index in [4.69, 9.17) is 0 Å². The Kier molecular flexibility index (Phi) is 9.02. The average Bonchev–Trinajstić information content (AvgIpc) is 2.10. The number of unbranched alkanes of at least 4 members (excludes halogenated alkanes) is 5. The Morgan fingerprint density at radius 2 is 1.50 bits per heavy atom. The molecule has 0 saturated carbocycles. The minimum atomic E-state index is -0.0452. The van der Waals surface area contributed by atoms with Crippen molar-refractivity contribution < 1.29 is 5.11 Å². The Morgan fingerprint density at radius 3 is 2.08 bits per heavy atom. The van der Waals surface area contributed by atoms with Crippen molar-refractivity contribution in [1.29, 1.82) is 0 Å². The van der Waals surface area contributed by atoms with Crippen LogP contribution in [0.2, 0.25) is 0 Å². The second-order valence-electron chi connectivity index (χ2n) is 3.62. The van der Waals surface area contributed by atoms with Gasteiger partial charge in [-0.3, -0.25) is 0 Å². The SMILES string of the molecule is CCCCCCCCC(O)CC. The zero-order valence-electron chi connectivity index (χ0n) is 8.68. The van der Waals surface area contributed by atoms with Crippen LogP contribution in [-0.4, -0.2) is 11.2 Å². The molecule has 0 amide bonds. The highest BCUT2D eigenvalue weighted by atomic mass is 16.3. The van der Waals surface area contributed by atoms with E-state index in [9.17, 15) is 5.11 Å². The van der Waals surface area contributed by atoms with E-state index in [2.05, 4.69) is 6.92 Å². The van der Waals surface area contributed by atoms with Crippen LogP contribution >= 0.6 is 0 Å². The summed E-state index contributed by atoms with van der Waals surface area (Å²) in [4.78, 5) is 0. The highest BCUT2D eigenvalue weighted by Crippen LogP contribution is 2.09. The quantitative estimate of drug-likeness (QED) is 0.555. The van der Waals surface area contributed by atoms with Gasteiger partial charge in [0.25, 0.3) is 0 Å². The Labute approximate surface area is 77.2 Å². The zero-order valence-corrected chi connectivity index (χ0v) is 8.68. The van der Waals surface area contributed by atoms with Gasteiger partial charge in [0.2, 0.25) is 0 Å². The van der Waals surface area contributed by atoms with Crippen LogP contribution in [-0.2, 0) is 0 Å². The molecular weight excluding hydrogens is 148 g/mol. The van der Waals surface area contributed by atoms with Gasteiger partial charge in [0.05, 0.1) is 6.10 Å². The van der Waals surface area contributed by atoms with E-state index < -0.39 is 0 Å². The van der Waals surface area contributed by atoms with E-state index >= 15 is 0 Å². The highest BCUT2D eigenvalue weighted by molar-refractivity contribution is 4.52. The molecule has 0 bridgehead atoms. The van der Waals surface area contributed by atoms with Crippen molar-refractivity contribution in [2.75, 3.05) is 0 Å². The van der Waals surface area contributed by atoms with E-state index in [1.54, 1.807) is 0 Å². The molecule has 0 aromatic rings. The van der Waals surface area contributed by atoms with Crippen LogP contribution in [0.4, 0.5) is 0 Å². The molecule has 0 heterocycles. The van der Waals surface area contributed by atoms with Crippen LogP contribution in [0.25, 0.3) is 0 Å². The lowest BCUT2D eigenvalue weighted by Crippen LogP contribution is -2.03. The summed E-state index contributed by atoms with van der Waals surface area (Å²) < 4.78 is 0. The number of hydrogen-bond donors (Lipinski definition) is 1. The molecule has 1 unspecified atom stereocenters. The Morgan fingerprint density at radius 1 is 0.917 bits per heavy atom. The van der Waals surface area contributed by atoms with Crippen LogP contribution < -0.4 is 0 Å². The molecule has 0 saturated heterocycles. The largest absolute Gasteiger partial charge is 0.393 e. The summed E-state index contributed by atoms with van der Waals surface area (Å²) in [6, 6.07) is 0. The van der Waals surface area contributed by atoms with Gasteiger partial charge in [0.15, 0.2) is 0 Å². The minimum absolute atomic E-state index is 0.0452. The van der Waals surface area contributed by atoms with Crippen LogP contribution in [0, 0.1) is 0 Å². The first-order valence-electron chi connectivity index (χ1n) is 5.49. The molecule has 0 spiro atoms. The lowest BCUT2D eigenvalue weighted by Gasteiger charge is -2.06. The van der Waals surface area contributed by atoms with Gasteiger partial charge in [0, 0.05) is 0 Å². The predicted octanol–water partition coefficient (Wildman–Crippen LogP) is 3.51. The predicted molar refractivity (Wildman–Crippen MR) is 54.3 cm³/mol. The third kappa shape index (κ3) is 8.06. The second-order valence-corrected chi connectivity index (χ2v) is 3.62. The maximum atomic E-state index is 9.26. The summed E-state index contributed by atoms with van der Waals surface area (Å²) in [5, 5.41) is 9.26. The molecule has 0 aromatic heterocycles. The van der Waals surface area contributed by atoms with Crippen molar-refractivity contribution in [2.45, 2.75) is 71.3 Å². The third-order valence-electron chi connectivity index (χ3n) is 2.36. The lowest BCUT2D eigenvalue weighted by atomic mass is 10.1. The van der Waals surface area contributed by atoms with Crippen molar-refractivity contribution in [3.8, 4) is 0 Å². The maximum absolute atomic E-state index is 9.26. The lowest BCUT2D eigenvalue weighted by molar-refractivity contribution is 0.156. The topological polar surface area (TPSA) is 20.2 Å². The van der Waals surface area contributed by atoms with Crippen molar-refractivity contribution in [3.63, 3.8) is 0 Å². The van der Waals surface area contributed by atoms with E-state index in [1.807, 2.05) is 6.92 Å². The molecule has 12 heavy (non-hydrogen) atoms. The van der Waals surface area contributed by atoms with Gasteiger partial charge >= 0.3 is 0 Å². The Hall–Kier alpha value is -0.0400. The van der Waals surface area contributed by atoms with Gasteiger partial charge in [-0.1, -0.05) is 52.4 Å². The van der Waals surface area contributed by atoms with E-state index in [1.165, 1.54) is 38.5 Å². The minimum Gasteiger partial charge on any atom is -0.393 e. The van der Waals surface area contributed by atoms with Gasteiger partial charge in [-0.05, 0) is 12.8 Å². The molecule has 74 valence electrons. The molecule has 0 radical (unpaired) electrons.